The average Bonchev–Trinajstić information content (AvgIpc) is 3.05. The lowest BCUT2D eigenvalue weighted by atomic mass is 10.2. The third-order valence-electron chi connectivity index (χ3n) is 2.39. The van der Waals surface area contributed by atoms with E-state index in [0.717, 1.165) is 0 Å². The van der Waals surface area contributed by atoms with Gasteiger partial charge in [-0.15, -0.1) is 11.3 Å². The van der Waals surface area contributed by atoms with Gasteiger partial charge in [-0.1, -0.05) is 41.0 Å². The maximum Gasteiger partial charge on any atom is 0.00478 e. The molecular weight excluding hydrogens is 280 g/mol. The summed E-state index contributed by atoms with van der Waals surface area (Å²) in [6.07, 6.45) is 2.51. The van der Waals surface area contributed by atoms with Crippen LogP contribution >= 0.6 is 22.7 Å². The monoisotopic (exact) mass is 312 g/mol. The second kappa shape index (κ2) is 14.8. The van der Waals surface area contributed by atoms with Crippen molar-refractivity contribution in [1.82, 2.24) is 0 Å². The van der Waals surface area contributed by atoms with Crippen LogP contribution in [0.5, 0.6) is 0 Å². The molecule has 20 heavy (non-hydrogen) atoms. The largest absolute Gasteiger partial charge is 0.152 e. The van der Waals surface area contributed by atoms with Crippen LogP contribution in [0, 0.1) is 20.8 Å². The quantitative estimate of drug-likeness (QED) is 0.541. The van der Waals surface area contributed by atoms with E-state index in [1.165, 1.54) is 34.4 Å². The number of rotatable bonds is 2. The molecule has 0 spiro atoms. The van der Waals surface area contributed by atoms with Crippen molar-refractivity contribution in [2.75, 3.05) is 0 Å². The Kier molecular flexibility index (Phi) is 16.1. The highest BCUT2D eigenvalue weighted by Crippen LogP contribution is 2.14. The lowest BCUT2D eigenvalue weighted by Gasteiger charge is -1.86. The molecule has 2 heteroatoms. The van der Waals surface area contributed by atoms with Gasteiger partial charge in [-0.3, -0.25) is 0 Å². The normalized spacial score (nSPS) is 8.40. The predicted octanol–water partition coefficient (Wildman–Crippen LogP) is 7.43. The first-order chi connectivity index (χ1) is 9.63. The SMILES string of the molecule is CC.CC.CCCc1cc(C)cs1.Cc1cscc1C. The smallest absolute Gasteiger partial charge is 0.00478 e. The van der Waals surface area contributed by atoms with Crippen LogP contribution in [-0.4, -0.2) is 0 Å². The Hall–Kier alpha value is -0.600. The van der Waals surface area contributed by atoms with Gasteiger partial charge >= 0.3 is 0 Å². The van der Waals surface area contributed by atoms with Gasteiger partial charge in [0, 0.05) is 4.88 Å². The number of hydrogen-bond donors (Lipinski definition) is 0. The highest BCUT2D eigenvalue weighted by atomic mass is 32.1. The van der Waals surface area contributed by atoms with Gasteiger partial charge in [-0.2, -0.15) is 11.3 Å². The maximum atomic E-state index is 2.27. The van der Waals surface area contributed by atoms with Gasteiger partial charge < -0.3 is 0 Å². The third-order valence-corrected chi connectivity index (χ3v) is 4.49. The molecular formula is C18H32S2. The molecule has 2 rings (SSSR count). The Bertz CT molecular complexity index is 394. The van der Waals surface area contributed by atoms with Gasteiger partial charge in [-0.25, -0.2) is 0 Å². The molecule has 0 aromatic carbocycles. The molecule has 0 N–H and O–H groups in total. The first-order valence-corrected chi connectivity index (χ1v) is 9.49. The molecule has 2 heterocycles. The van der Waals surface area contributed by atoms with E-state index >= 15 is 0 Å². The fourth-order valence-electron chi connectivity index (χ4n) is 1.29. The molecule has 0 aliphatic rings. The molecule has 0 aliphatic carbocycles. The van der Waals surface area contributed by atoms with Crippen molar-refractivity contribution in [3.8, 4) is 0 Å². The lowest BCUT2D eigenvalue weighted by Crippen LogP contribution is -1.72. The summed E-state index contributed by atoms with van der Waals surface area (Å²) in [6, 6.07) is 2.27. The Balaban J connectivity index is 0. The van der Waals surface area contributed by atoms with E-state index in [1.54, 1.807) is 11.3 Å². The fourth-order valence-corrected chi connectivity index (χ4v) is 3.12. The van der Waals surface area contributed by atoms with Crippen LogP contribution in [0.25, 0.3) is 0 Å². The molecule has 2 aromatic heterocycles. The van der Waals surface area contributed by atoms with E-state index < -0.39 is 0 Å². The van der Waals surface area contributed by atoms with Crippen LogP contribution in [0.4, 0.5) is 0 Å². The summed E-state index contributed by atoms with van der Waals surface area (Å²) in [5.74, 6) is 0. The highest BCUT2D eigenvalue weighted by molar-refractivity contribution is 7.10. The second-order valence-corrected chi connectivity index (χ2v) is 5.82. The lowest BCUT2D eigenvalue weighted by molar-refractivity contribution is 0.939. The minimum Gasteiger partial charge on any atom is -0.152 e. The van der Waals surface area contributed by atoms with Crippen molar-refractivity contribution in [3.05, 3.63) is 43.8 Å². The van der Waals surface area contributed by atoms with E-state index in [4.69, 9.17) is 0 Å². The van der Waals surface area contributed by atoms with Crippen LogP contribution in [-0.2, 0) is 6.42 Å². The Labute approximate surface area is 134 Å². The molecule has 0 fully saturated rings. The van der Waals surface area contributed by atoms with Crippen LogP contribution in [0.1, 0.15) is 62.6 Å². The van der Waals surface area contributed by atoms with E-state index in [1.807, 2.05) is 39.0 Å². The Morgan fingerprint density at radius 1 is 0.850 bits per heavy atom. The minimum absolute atomic E-state index is 1.25. The van der Waals surface area contributed by atoms with Gasteiger partial charge in [-0.05, 0) is 66.1 Å². The van der Waals surface area contributed by atoms with E-state index in [9.17, 15) is 0 Å². The molecule has 0 unspecified atom stereocenters. The van der Waals surface area contributed by atoms with Crippen molar-refractivity contribution in [2.45, 2.75) is 68.2 Å². The van der Waals surface area contributed by atoms with Crippen molar-refractivity contribution in [1.29, 1.82) is 0 Å². The third kappa shape index (κ3) is 10.2. The van der Waals surface area contributed by atoms with E-state index in [0.29, 0.717) is 0 Å². The fraction of sp³-hybridized carbons (Fsp3) is 0.556. The van der Waals surface area contributed by atoms with Crippen molar-refractivity contribution >= 4 is 22.7 Å². The summed E-state index contributed by atoms with van der Waals surface area (Å²) in [6.45, 7) is 16.6. The Morgan fingerprint density at radius 2 is 1.35 bits per heavy atom. The summed E-state index contributed by atoms with van der Waals surface area (Å²) in [7, 11) is 0. The summed E-state index contributed by atoms with van der Waals surface area (Å²) in [5.41, 5.74) is 4.22. The molecule has 2 aromatic rings. The van der Waals surface area contributed by atoms with Crippen LogP contribution < -0.4 is 0 Å². The summed E-state index contributed by atoms with van der Waals surface area (Å²) >= 11 is 3.64. The zero-order chi connectivity index (χ0) is 16.0. The van der Waals surface area contributed by atoms with Crippen molar-refractivity contribution < 1.29 is 0 Å². The van der Waals surface area contributed by atoms with Gasteiger partial charge in [0.15, 0.2) is 0 Å². The first-order valence-electron chi connectivity index (χ1n) is 7.67. The molecule has 0 bridgehead atoms. The summed E-state index contributed by atoms with van der Waals surface area (Å²) < 4.78 is 0. The van der Waals surface area contributed by atoms with Crippen molar-refractivity contribution in [3.63, 3.8) is 0 Å². The number of aryl methyl sites for hydroxylation is 4. The molecule has 0 amide bonds. The molecule has 0 atom stereocenters. The van der Waals surface area contributed by atoms with Gasteiger partial charge in [0.25, 0.3) is 0 Å². The molecule has 0 saturated heterocycles. The Morgan fingerprint density at radius 3 is 1.60 bits per heavy atom. The molecule has 0 aliphatic heterocycles. The predicted molar refractivity (Wildman–Crippen MR) is 99.5 cm³/mol. The van der Waals surface area contributed by atoms with Crippen LogP contribution in [0.15, 0.2) is 22.2 Å². The van der Waals surface area contributed by atoms with Crippen LogP contribution in [0.2, 0.25) is 0 Å². The topological polar surface area (TPSA) is 0 Å². The first kappa shape index (κ1) is 21.7. The highest BCUT2D eigenvalue weighted by Gasteiger charge is 1.92. The maximum absolute atomic E-state index is 2.27. The number of thiophene rings is 2. The molecule has 0 radical (unpaired) electrons. The zero-order valence-corrected chi connectivity index (χ0v) is 16.2. The van der Waals surface area contributed by atoms with Gasteiger partial charge in [0.1, 0.15) is 0 Å². The molecule has 0 saturated carbocycles. The molecule has 116 valence electrons. The molecule has 0 nitrogen and oxygen atoms in total. The summed E-state index contributed by atoms with van der Waals surface area (Å²) in [4.78, 5) is 1.52. The summed E-state index contributed by atoms with van der Waals surface area (Å²) in [5, 5.41) is 6.54. The van der Waals surface area contributed by atoms with Crippen LogP contribution in [0.3, 0.4) is 0 Å². The van der Waals surface area contributed by atoms with E-state index in [-0.39, 0.29) is 0 Å². The van der Waals surface area contributed by atoms with E-state index in [2.05, 4.69) is 49.9 Å². The zero-order valence-electron chi connectivity index (χ0n) is 14.5. The van der Waals surface area contributed by atoms with Gasteiger partial charge in [0.2, 0.25) is 0 Å². The second-order valence-electron chi connectivity index (χ2n) is 4.08. The van der Waals surface area contributed by atoms with Crippen molar-refractivity contribution in [2.24, 2.45) is 0 Å². The van der Waals surface area contributed by atoms with Gasteiger partial charge in [0.05, 0.1) is 0 Å². The minimum atomic E-state index is 1.25. The average molecular weight is 313 g/mol. The number of hydrogen-bond acceptors (Lipinski definition) is 2. The standard InChI is InChI=1S/C8H12S.C6H8S.2C2H6/c1-3-4-8-5-7(2)6-9-8;1-5-3-7-4-6(5)2;2*1-2/h5-6H,3-4H2,1-2H3;3-4H,1-2H3;2*1-2H3.